The van der Waals surface area contributed by atoms with Crippen molar-refractivity contribution in [3.8, 4) is 0 Å². The molecule has 3 amide bonds. The molecular formula is C34H45N3O8. The zero-order chi connectivity index (χ0) is 32.5. The van der Waals surface area contributed by atoms with Gasteiger partial charge in [0.2, 0.25) is 17.7 Å². The maximum absolute atomic E-state index is 14.6. The number of allylic oxidation sites excluding steroid dienone is 1. The van der Waals surface area contributed by atoms with Crippen LogP contribution in [0.4, 0.5) is 0 Å². The molecule has 2 saturated heterocycles. The Hall–Kier alpha value is -3.54. The molecule has 244 valence electrons. The third-order valence-corrected chi connectivity index (χ3v) is 9.38. The Kier molecular flexibility index (Phi) is 9.53. The van der Waals surface area contributed by atoms with Gasteiger partial charge >= 0.3 is 5.97 Å². The number of fused-ring (bicyclic) bond motifs is 2. The van der Waals surface area contributed by atoms with Crippen LogP contribution >= 0.6 is 0 Å². The minimum Gasteiger partial charge on any atom is -0.455 e. The van der Waals surface area contributed by atoms with Crippen LogP contribution in [0.1, 0.15) is 58.6 Å². The molecule has 1 aromatic carbocycles. The van der Waals surface area contributed by atoms with E-state index in [1.165, 1.54) is 12.0 Å². The molecule has 0 radical (unpaired) electrons. The molecule has 0 aromatic heterocycles. The molecule has 4 aliphatic heterocycles. The number of nitrogens with zero attached hydrogens (tertiary/aromatic N) is 2. The van der Waals surface area contributed by atoms with Crippen molar-refractivity contribution in [2.24, 2.45) is 11.8 Å². The van der Waals surface area contributed by atoms with Crippen molar-refractivity contribution in [2.75, 3.05) is 26.9 Å². The number of carbonyl (C=O) groups excluding carboxylic acids is 4. The van der Waals surface area contributed by atoms with E-state index in [4.69, 9.17) is 14.2 Å². The van der Waals surface area contributed by atoms with E-state index < -0.39 is 65.2 Å². The predicted molar refractivity (Wildman–Crippen MR) is 164 cm³/mol. The van der Waals surface area contributed by atoms with Crippen molar-refractivity contribution in [3.05, 3.63) is 60.2 Å². The SMILES string of the molecule is CC[C@@H](CO)N1C(=O)[C@@H]2[C@H]3C(=O)O[C@H](c4ccccc4)[C@@H](COC)NC(=O)CC/C=C\[C@H]3O[C@@]23C=CCN(C(C)(C)C)C(=O)[C@@H]13. The Labute approximate surface area is 264 Å². The van der Waals surface area contributed by atoms with E-state index in [0.29, 0.717) is 24.9 Å². The Morgan fingerprint density at radius 2 is 1.84 bits per heavy atom. The van der Waals surface area contributed by atoms with Gasteiger partial charge in [-0.05, 0) is 39.2 Å². The van der Waals surface area contributed by atoms with E-state index in [1.807, 2.05) is 64.1 Å². The molecular weight excluding hydrogens is 578 g/mol. The van der Waals surface area contributed by atoms with Gasteiger partial charge in [0.25, 0.3) is 0 Å². The highest BCUT2D eigenvalue weighted by Crippen LogP contribution is 2.54. The lowest BCUT2D eigenvalue weighted by Crippen LogP contribution is -2.60. The fourth-order valence-corrected chi connectivity index (χ4v) is 7.24. The number of cyclic esters (lactones) is 1. The normalized spacial score (nSPS) is 33.6. The largest absolute Gasteiger partial charge is 0.455 e. The minimum atomic E-state index is -1.47. The maximum Gasteiger partial charge on any atom is 0.313 e. The smallest absolute Gasteiger partial charge is 0.313 e. The van der Waals surface area contributed by atoms with Gasteiger partial charge in [0, 0.05) is 25.6 Å². The first-order valence-electron chi connectivity index (χ1n) is 15.8. The zero-order valence-corrected chi connectivity index (χ0v) is 26.7. The molecule has 1 spiro atoms. The first-order valence-corrected chi connectivity index (χ1v) is 15.8. The number of esters is 1. The summed E-state index contributed by atoms with van der Waals surface area (Å²) in [5.41, 5.74) is -1.39. The summed E-state index contributed by atoms with van der Waals surface area (Å²) in [5, 5.41) is 13.3. The summed E-state index contributed by atoms with van der Waals surface area (Å²) < 4.78 is 18.5. The molecule has 4 heterocycles. The Bertz CT molecular complexity index is 1340. The van der Waals surface area contributed by atoms with Crippen molar-refractivity contribution in [1.82, 2.24) is 15.1 Å². The molecule has 0 bridgehead atoms. The Morgan fingerprint density at radius 3 is 2.49 bits per heavy atom. The summed E-state index contributed by atoms with van der Waals surface area (Å²) in [6.07, 6.45) is 6.22. The van der Waals surface area contributed by atoms with Crippen LogP contribution in [0.5, 0.6) is 0 Å². The summed E-state index contributed by atoms with van der Waals surface area (Å²) in [6, 6.07) is 6.64. The number of hydrogen-bond acceptors (Lipinski definition) is 8. The third kappa shape index (κ3) is 5.93. The molecule has 2 N–H and O–H groups in total. The lowest BCUT2D eigenvalue weighted by Gasteiger charge is -2.42. The van der Waals surface area contributed by atoms with Crippen molar-refractivity contribution in [3.63, 3.8) is 0 Å². The summed E-state index contributed by atoms with van der Waals surface area (Å²) >= 11 is 0. The van der Waals surface area contributed by atoms with E-state index in [1.54, 1.807) is 23.1 Å². The van der Waals surface area contributed by atoms with Gasteiger partial charge < -0.3 is 34.4 Å². The van der Waals surface area contributed by atoms with Gasteiger partial charge in [0.05, 0.1) is 37.3 Å². The average Bonchev–Trinajstić information content (AvgIpc) is 3.38. The van der Waals surface area contributed by atoms with Crippen LogP contribution in [0, 0.1) is 11.8 Å². The molecule has 0 aliphatic carbocycles. The third-order valence-electron chi connectivity index (χ3n) is 9.38. The molecule has 5 rings (SSSR count). The summed E-state index contributed by atoms with van der Waals surface area (Å²) in [4.78, 5) is 59.6. The lowest BCUT2D eigenvalue weighted by molar-refractivity contribution is -0.163. The van der Waals surface area contributed by atoms with E-state index >= 15 is 0 Å². The highest BCUT2D eigenvalue weighted by Gasteiger charge is 2.72. The van der Waals surface area contributed by atoms with Gasteiger partial charge in [-0.1, -0.05) is 61.6 Å². The number of likely N-dealkylation sites (tertiary alicyclic amines) is 1. The van der Waals surface area contributed by atoms with Crippen LogP contribution in [-0.4, -0.2) is 101 Å². The summed E-state index contributed by atoms with van der Waals surface area (Å²) in [7, 11) is 1.51. The van der Waals surface area contributed by atoms with Crippen LogP contribution < -0.4 is 5.32 Å². The molecule has 2 fully saturated rings. The van der Waals surface area contributed by atoms with Gasteiger partial charge in [-0.25, -0.2) is 0 Å². The number of rotatable bonds is 6. The van der Waals surface area contributed by atoms with E-state index in [-0.39, 0.29) is 31.4 Å². The predicted octanol–water partition coefficient (Wildman–Crippen LogP) is 2.30. The Morgan fingerprint density at radius 1 is 1.11 bits per heavy atom. The molecule has 45 heavy (non-hydrogen) atoms. The molecule has 11 heteroatoms. The van der Waals surface area contributed by atoms with Gasteiger partial charge in [0.1, 0.15) is 23.7 Å². The number of benzene rings is 1. The van der Waals surface area contributed by atoms with E-state index in [2.05, 4.69) is 5.32 Å². The molecule has 4 aliphatic rings. The second kappa shape index (κ2) is 13.1. The molecule has 0 unspecified atom stereocenters. The second-order valence-corrected chi connectivity index (χ2v) is 13.2. The van der Waals surface area contributed by atoms with Crippen LogP contribution in [0.15, 0.2) is 54.6 Å². The number of hydrogen-bond donors (Lipinski definition) is 2. The van der Waals surface area contributed by atoms with Gasteiger partial charge in [-0.15, -0.1) is 0 Å². The van der Waals surface area contributed by atoms with Crippen LogP contribution in [-0.2, 0) is 33.4 Å². The van der Waals surface area contributed by atoms with Crippen molar-refractivity contribution < 1.29 is 38.5 Å². The number of nitrogens with one attached hydrogen (secondary N) is 1. The number of amides is 3. The quantitative estimate of drug-likeness (QED) is 0.364. The molecule has 1 aromatic rings. The number of ether oxygens (including phenoxy) is 3. The molecule has 0 saturated carbocycles. The van der Waals surface area contributed by atoms with Crippen molar-refractivity contribution in [2.45, 2.75) is 88.4 Å². The topological polar surface area (TPSA) is 135 Å². The summed E-state index contributed by atoms with van der Waals surface area (Å²) in [6.45, 7) is 7.66. The first-order chi connectivity index (χ1) is 21.5. The van der Waals surface area contributed by atoms with Gasteiger partial charge in [-0.2, -0.15) is 0 Å². The standard InChI is InChI=1S/C34H45N3O8/c1-6-22(19-38)37-29-31(41)36(33(2,3)4)18-12-17-34(29)27(30(37)40)26-24(45-34)15-10-11-16-25(39)35-23(20-43-5)28(44-32(26)42)21-13-8-7-9-14-21/h7-10,12-15,17,22-24,26-29,38H,6,11,16,18-20H2,1-5H3,(H,35,39)/b15-10-/t22-,23+,24+,26-,27-,28+,29+,34-/m0/s1. The highest BCUT2D eigenvalue weighted by molar-refractivity contribution is 5.99. The second-order valence-electron chi connectivity index (χ2n) is 13.2. The van der Waals surface area contributed by atoms with Crippen LogP contribution in [0.25, 0.3) is 0 Å². The number of methoxy groups -OCH3 is 1. The first kappa shape index (κ1) is 32.8. The number of carbonyl (C=O) groups is 4. The van der Waals surface area contributed by atoms with Crippen molar-refractivity contribution >= 4 is 23.7 Å². The maximum atomic E-state index is 14.6. The summed E-state index contributed by atoms with van der Waals surface area (Å²) in [5.74, 6) is -3.82. The number of aliphatic hydroxyl groups excluding tert-OH is 1. The van der Waals surface area contributed by atoms with E-state index in [0.717, 1.165) is 0 Å². The van der Waals surface area contributed by atoms with Gasteiger partial charge in [-0.3, -0.25) is 19.2 Å². The van der Waals surface area contributed by atoms with Crippen molar-refractivity contribution in [1.29, 1.82) is 0 Å². The lowest BCUT2D eigenvalue weighted by atomic mass is 9.77. The molecule has 8 atom stereocenters. The van der Waals surface area contributed by atoms with Crippen LogP contribution in [0.3, 0.4) is 0 Å². The van der Waals surface area contributed by atoms with Crippen LogP contribution in [0.2, 0.25) is 0 Å². The number of aliphatic hydroxyl groups is 1. The fourth-order valence-electron chi connectivity index (χ4n) is 7.24. The highest BCUT2D eigenvalue weighted by atomic mass is 16.6. The Balaban J connectivity index is 1.64. The minimum absolute atomic E-state index is 0.0791. The average molecular weight is 624 g/mol. The molecule has 11 nitrogen and oxygen atoms in total. The zero-order valence-electron chi connectivity index (χ0n) is 26.7. The van der Waals surface area contributed by atoms with E-state index in [9.17, 15) is 24.3 Å². The van der Waals surface area contributed by atoms with Gasteiger partial charge in [0.15, 0.2) is 0 Å². The fraction of sp³-hybridized carbons (Fsp3) is 0.588. The monoisotopic (exact) mass is 623 g/mol.